The third-order valence-electron chi connectivity index (χ3n) is 4.01. The molecule has 0 atom stereocenters. The summed E-state index contributed by atoms with van der Waals surface area (Å²) >= 11 is 0. The fraction of sp³-hybridized carbons (Fsp3) is 0.500. The third kappa shape index (κ3) is 2.37. The molecule has 0 aliphatic heterocycles. The van der Waals surface area contributed by atoms with Crippen molar-refractivity contribution >= 4 is 5.69 Å². The monoisotopic (exact) mass is 275 g/mol. The number of nitrogen functional groups attached to an aromatic ring is 1. The summed E-state index contributed by atoms with van der Waals surface area (Å²) in [6.07, 6.45) is 4.78. The van der Waals surface area contributed by atoms with Gasteiger partial charge in [0.25, 0.3) is 0 Å². The van der Waals surface area contributed by atoms with E-state index in [9.17, 15) is 4.39 Å². The Morgan fingerprint density at radius 1 is 1.40 bits per heavy atom. The Labute approximate surface area is 117 Å². The summed E-state index contributed by atoms with van der Waals surface area (Å²) in [7, 11) is 0. The first-order valence-electron chi connectivity index (χ1n) is 6.95. The summed E-state index contributed by atoms with van der Waals surface area (Å²) in [5, 5.41) is 11.8. The molecule has 1 saturated carbocycles. The van der Waals surface area contributed by atoms with Crippen LogP contribution in [0.2, 0.25) is 0 Å². The number of nitrogens with two attached hydrogens (primary N) is 1. The minimum atomic E-state index is -0.438. The average molecular weight is 275 g/mol. The van der Waals surface area contributed by atoms with Gasteiger partial charge in [0.05, 0.1) is 12.2 Å². The predicted molar refractivity (Wildman–Crippen MR) is 74.2 cm³/mol. The van der Waals surface area contributed by atoms with Crippen LogP contribution in [0.5, 0.6) is 0 Å². The normalized spacial score (nSPS) is 16.3. The lowest BCUT2D eigenvalue weighted by Crippen LogP contribution is -2.14. The van der Waals surface area contributed by atoms with Crippen LogP contribution in [-0.4, -0.2) is 20.2 Å². The van der Waals surface area contributed by atoms with Crippen LogP contribution in [0.4, 0.5) is 10.1 Å². The Morgan fingerprint density at radius 3 is 2.85 bits per heavy atom. The van der Waals surface area contributed by atoms with Crippen LogP contribution >= 0.6 is 0 Å². The van der Waals surface area contributed by atoms with Crippen LogP contribution in [0.15, 0.2) is 18.2 Å². The van der Waals surface area contributed by atoms with Gasteiger partial charge in [-0.25, -0.2) is 9.07 Å². The molecule has 1 heterocycles. The van der Waals surface area contributed by atoms with Gasteiger partial charge in [-0.05, 0) is 53.3 Å². The third-order valence-corrected chi connectivity index (χ3v) is 4.01. The summed E-state index contributed by atoms with van der Waals surface area (Å²) < 4.78 is 15.4. The van der Waals surface area contributed by atoms with Crippen molar-refractivity contribution in [2.75, 3.05) is 5.73 Å². The van der Waals surface area contributed by atoms with Crippen LogP contribution in [-0.2, 0) is 6.54 Å². The molecule has 20 heavy (non-hydrogen) atoms. The van der Waals surface area contributed by atoms with Gasteiger partial charge in [-0.15, -0.1) is 5.10 Å². The second kappa shape index (κ2) is 4.85. The van der Waals surface area contributed by atoms with Crippen LogP contribution in [0.3, 0.4) is 0 Å². The molecule has 0 radical (unpaired) electrons. The molecule has 2 aromatic rings. The highest BCUT2D eigenvalue weighted by atomic mass is 19.1. The van der Waals surface area contributed by atoms with E-state index in [1.807, 2.05) is 0 Å². The largest absolute Gasteiger partial charge is 0.396 e. The second-order valence-corrected chi connectivity index (χ2v) is 5.65. The number of hydrogen-bond acceptors (Lipinski definition) is 4. The maximum absolute atomic E-state index is 13.6. The maximum atomic E-state index is 13.6. The van der Waals surface area contributed by atoms with Crippen molar-refractivity contribution in [3.63, 3.8) is 0 Å². The molecule has 1 aromatic carbocycles. The predicted octanol–water partition coefficient (Wildman–Crippen LogP) is 2.64. The standard InChI is InChI=1S/C14H18FN5/c1-2-5-14(6-7-14)9-20-13(17-18-19-20)10-3-4-12(16)11(15)8-10/h3-4,8H,2,5-7,9,16H2,1H3. The molecule has 0 bridgehead atoms. The molecule has 1 aliphatic carbocycles. The van der Waals surface area contributed by atoms with Crippen LogP contribution in [0.1, 0.15) is 32.6 Å². The van der Waals surface area contributed by atoms with Crippen molar-refractivity contribution in [1.82, 2.24) is 20.2 Å². The van der Waals surface area contributed by atoms with E-state index in [1.165, 1.54) is 25.3 Å². The van der Waals surface area contributed by atoms with Gasteiger partial charge >= 0.3 is 0 Å². The number of aromatic nitrogens is 4. The van der Waals surface area contributed by atoms with Gasteiger partial charge in [0.15, 0.2) is 5.82 Å². The van der Waals surface area contributed by atoms with Crippen molar-refractivity contribution in [2.45, 2.75) is 39.2 Å². The van der Waals surface area contributed by atoms with Crippen LogP contribution < -0.4 is 5.73 Å². The molecule has 0 amide bonds. The lowest BCUT2D eigenvalue weighted by Gasteiger charge is -2.14. The van der Waals surface area contributed by atoms with Crippen LogP contribution in [0, 0.1) is 11.2 Å². The summed E-state index contributed by atoms with van der Waals surface area (Å²) in [5.41, 5.74) is 6.63. The van der Waals surface area contributed by atoms with E-state index < -0.39 is 5.82 Å². The van der Waals surface area contributed by atoms with E-state index in [1.54, 1.807) is 16.8 Å². The molecule has 1 aromatic heterocycles. The van der Waals surface area contributed by atoms with E-state index >= 15 is 0 Å². The fourth-order valence-electron chi connectivity index (χ4n) is 2.70. The topological polar surface area (TPSA) is 69.6 Å². The summed E-state index contributed by atoms with van der Waals surface area (Å²) in [6.45, 7) is 2.99. The summed E-state index contributed by atoms with van der Waals surface area (Å²) in [6, 6.07) is 4.68. The van der Waals surface area contributed by atoms with Crippen molar-refractivity contribution < 1.29 is 4.39 Å². The SMILES string of the molecule is CCCC1(Cn2nnnc2-c2ccc(N)c(F)c2)CC1. The summed E-state index contributed by atoms with van der Waals surface area (Å²) in [4.78, 5) is 0. The van der Waals surface area contributed by atoms with Gasteiger partial charge < -0.3 is 5.73 Å². The zero-order valence-corrected chi connectivity index (χ0v) is 11.5. The van der Waals surface area contributed by atoms with Gasteiger partial charge in [0, 0.05) is 5.56 Å². The smallest absolute Gasteiger partial charge is 0.182 e. The molecular formula is C14H18FN5. The number of rotatable bonds is 5. The number of tetrazole rings is 1. The minimum absolute atomic E-state index is 0.137. The highest BCUT2D eigenvalue weighted by Crippen LogP contribution is 2.51. The molecule has 3 rings (SSSR count). The fourth-order valence-corrected chi connectivity index (χ4v) is 2.70. The van der Waals surface area contributed by atoms with E-state index in [2.05, 4.69) is 22.4 Å². The van der Waals surface area contributed by atoms with Crippen molar-refractivity contribution in [3.8, 4) is 11.4 Å². The zero-order valence-electron chi connectivity index (χ0n) is 11.5. The van der Waals surface area contributed by atoms with Gasteiger partial charge in [-0.3, -0.25) is 0 Å². The van der Waals surface area contributed by atoms with E-state index in [0.717, 1.165) is 13.0 Å². The van der Waals surface area contributed by atoms with Gasteiger partial charge in [0.2, 0.25) is 0 Å². The molecule has 0 unspecified atom stereocenters. The minimum Gasteiger partial charge on any atom is -0.396 e. The first-order valence-corrected chi connectivity index (χ1v) is 6.95. The Kier molecular flexibility index (Phi) is 3.16. The quantitative estimate of drug-likeness (QED) is 0.852. The Balaban J connectivity index is 1.88. The van der Waals surface area contributed by atoms with E-state index in [-0.39, 0.29) is 5.69 Å². The molecule has 1 aliphatic rings. The van der Waals surface area contributed by atoms with Gasteiger partial charge in [-0.1, -0.05) is 13.3 Å². The van der Waals surface area contributed by atoms with Crippen LogP contribution in [0.25, 0.3) is 11.4 Å². The van der Waals surface area contributed by atoms with Gasteiger partial charge in [-0.2, -0.15) is 0 Å². The van der Waals surface area contributed by atoms with Crippen molar-refractivity contribution in [1.29, 1.82) is 0 Å². The zero-order chi connectivity index (χ0) is 14.2. The Hall–Kier alpha value is -1.98. The molecule has 5 nitrogen and oxygen atoms in total. The highest BCUT2D eigenvalue weighted by molar-refractivity contribution is 5.59. The molecule has 6 heteroatoms. The van der Waals surface area contributed by atoms with E-state index in [4.69, 9.17) is 5.73 Å². The van der Waals surface area contributed by atoms with Crippen molar-refractivity contribution in [2.24, 2.45) is 5.41 Å². The molecule has 1 fully saturated rings. The number of halogens is 1. The first kappa shape index (κ1) is 13.0. The number of anilines is 1. The molecule has 106 valence electrons. The van der Waals surface area contributed by atoms with Gasteiger partial charge in [0.1, 0.15) is 5.82 Å². The lowest BCUT2D eigenvalue weighted by molar-refractivity contribution is 0.365. The Morgan fingerprint density at radius 2 is 2.20 bits per heavy atom. The maximum Gasteiger partial charge on any atom is 0.182 e. The molecule has 2 N–H and O–H groups in total. The Bertz CT molecular complexity index is 618. The second-order valence-electron chi connectivity index (χ2n) is 5.65. The average Bonchev–Trinajstić information content (AvgIpc) is 3.01. The number of nitrogens with zero attached hydrogens (tertiary/aromatic N) is 4. The van der Waals surface area contributed by atoms with E-state index in [0.29, 0.717) is 16.8 Å². The lowest BCUT2D eigenvalue weighted by atomic mass is 10.0. The molecular weight excluding hydrogens is 257 g/mol. The number of benzene rings is 1. The summed E-state index contributed by atoms with van der Waals surface area (Å²) in [5.74, 6) is 0.165. The number of hydrogen-bond donors (Lipinski definition) is 1. The highest BCUT2D eigenvalue weighted by Gasteiger charge is 2.42. The van der Waals surface area contributed by atoms with Crippen molar-refractivity contribution in [3.05, 3.63) is 24.0 Å². The first-order chi connectivity index (χ1) is 9.63. The molecule has 0 saturated heterocycles. The molecule has 0 spiro atoms.